The van der Waals surface area contributed by atoms with Gasteiger partial charge in [-0.05, 0) is 35.2 Å². The van der Waals surface area contributed by atoms with Crippen molar-refractivity contribution in [3.05, 3.63) is 53.2 Å². The fourth-order valence-corrected chi connectivity index (χ4v) is 5.57. The number of benzene rings is 1. The van der Waals surface area contributed by atoms with Crippen molar-refractivity contribution < 1.29 is 39.3 Å². The molecule has 1 aliphatic heterocycles. The third-order valence-corrected chi connectivity index (χ3v) is 8.85. The van der Waals surface area contributed by atoms with E-state index in [1.165, 1.54) is 36.1 Å². The number of carbonyl (C=O) groups is 1. The fourth-order valence-electron chi connectivity index (χ4n) is 3.55. The molecule has 0 spiro atoms. The van der Waals surface area contributed by atoms with Crippen molar-refractivity contribution in [1.82, 2.24) is 14.8 Å². The lowest BCUT2D eigenvalue weighted by atomic mass is 10.0. The van der Waals surface area contributed by atoms with E-state index in [9.17, 15) is 39.3 Å². The van der Waals surface area contributed by atoms with Crippen LogP contribution in [0.4, 0.5) is 23.5 Å². The first-order valence-corrected chi connectivity index (χ1v) is 13.9. The number of carbonyl (C=O) groups excluding carboxylic acids is 1. The molecule has 15 heteroatoms. The summed E-state index contributed by atoms with van der Waals surface area (Å²) in [5.41, 5.74) is -0.620. The van der Waals surface area contributed by atoms with E-state index in [-0.39, 0.29) is 53.0 Å². The number of hydrogen-bond donors (Lipinski definition) is 1. The number of amides is 1. The topological polar surface area (TPSA) is 117 Å². The maximum Gasteiger partial charge on any atom is 0.433 e. The van der Waals surface area contributed by atoms with Gasteiger partial charge in [0, 0.05) is 32.2 Å². The number of rotatable bonds is 7. The van der Waals surface area contributed by atoms with Crippen molar-refractivity contribution in [2.75, 3.05) is 36.5 Å². The number of pyridine rings is 1. The lowest BCUT2D eigenvalue weighted by molar-refractivity contribution is -0.141. The molecule has 1 aromatic heterocycles. The van der Waals surface area contributed by atoms with E-state index in [4.69, 9.17) is 0 Å². The molecule has 1 unspecified atom stereocenters. The van der Waals surface area contributed by atoms with Crippen molar-refractivity contribution in [2.24, 2.45) is 0 Å². The molecule has 1 aliphatic rings. The van der Waals surface area contributed by atoms with Crippen LogP contribution in [0.15, 0.2) is 41.3 Å². The van der Waals surface area contributed by atoms with Crippen LogP contribution in [-0.4, -0.2) is 63.9 Å². The van der Waals surface area contributed by atoms with Gasteiger partial charge in [-0.3, -0.25) is 4.79 Å². The van der Waals surface area contributed by atoms with E-state index in [2.05, 4.69) is 10.3 Å². The van der Waals surface area contributed by atoms with Gasteiger partial charge in [0.15, 0.2) is 9.84 Å². The molecule has 9 nitrogen and oxygen atoms in total. The van der Waals surface area contributed by atoms with Crippen LogP contribution in [-0.2, 0) is 37.4 Å². The van der Waals surface area contributed by atoms with Gasteiger partial charge in [0.1, 0.15) is 11.5 Å². The highest BCUT2D eigenvalue weighted by Crippen LogP contribution is 2.31. The van der Waals surface area contributed by atoms with Gasteiger partial charge in [-0.2, -0.15) is 13.2 Å². The summed E-state index contributed by atoms with van der Waals surface area (Å²) in [6.07, 6.45) is -4.72. The summed E-state index contributed by atoms with van der Waals surface area (Å²) in [4.78, 5) is 17.6. The van der Waals surface area contributed by atoms with Gasteiger partial charge in [0.25, 0.3) is 10.0 Å². The Kier molecular flexibility index (Phi) is 7.95. The molecule has 3 rings (SSSR count). The van der Waals surface area contributed by atoms with E-state index in [1.807, 2.05) is 0 Å². The number of halogens is 4. The molecule has 1 aromatic carbocycles. The zero-order valence-corrected chi connectivity index (χ0v) is 20.9. The fraction of sp³-hybridized carbons (Fsp3) is 0.429. The Bertz CT molecular complexity index is 1330. The number of nitrogens with zero attached hydrogens (tertiary/aromatic N) is 3. The average molecular weight is 553 g/mol. The Hall–Kier alpha value is -2.78. The summed E-state index contributed by atoms with van der Waals surface area (Å²) in [6, 6.07) is 7.13. The molecule has 2 heterocycles. The predicted molar refractivity (Wildman–Crippen MR) is 123 cm³/mol. The average Bonchev–Trinajstić information content (AvgIpc) is 2.81. The van der Waals surface area contributed by atoms with Crippen LogP contribution < -0.4 is 10.2 Å². The van der Waals surface area contributed by atoms with E-state index in [0.29, 0.717) is 0 Å². The van der Waals surface area contributed by atoms with Crippen molar-refractivity contribution >= 4 is 31.6 Å². The molecule has 1 amide bonds. The zero-order chi connectivity index (χ0) is 26.9. The zero-order valence-electron chi connectivity index (χ0n) is 19.3. The highest BCUT2D eigenvalue weighted by molar-refractivity contribution is 7.91. The maximum atomic E-state index is 13.4. The SMILES string of the molecule is CC(C(=O)NCc1ccc(C(F)(F)F)nc1N1CCS(=O)(=O)CC1)c1cccc(S(=O)(=O)N(C)F)c1. The number of nitrogens with one attached hydrogen (secondary N) is 1. The molecule has 1 atom stereocenters. The second-order valence-electron chi connectivity index (χ2n) is 8.22. The predicted octanol–water partition coefficient (Wildman–Crippen LogP) is 2.26. The third kappa shape index (κ3) is 6.31. The minimum atomic E-state index is -4.72. The third-order valence-electron chi connectivity index (χ3n) is 5.72. The molecular weight excluding hydrogens is 528 g/mol. The van der Waals surface area contributed by atoms with Gasteiger partial charge in [0.2, 0.25) is 5.91 Å². The highest BCUT2D eigenvalue weighted by atomic mass is 32.2. The number of aromatic nitrogens is 1. The number of alkyl halides is 3. The van der Waals surface area contributed by atoms with Crippen LogP contribution in [0.25, 0.3) is 0 Å². The van der Waals surface area contributed by atoms with Gasteiger partial charge < -0.3 is 10.2 Å². The first-order valence-electron chi connectivity index (χ1n) is 10.7. The van der Waals surface area contributed by atoms with E-state index in [1.54, 1.807) is 0 Å². The monoisotopic (exact) mass is 552 g/mol. The van der Waals surface area contributed by atoms with Crippen LogP contribution >= 0.6 is 0 Å². The molecular formula is C21H24F4N4O5S2. The summed E-state index contributed by atoms with van der Waals surface area (Å²) < 4.78 is 100. The van der Waals surface area contributed by atoms with Crippen LogP contribution in [0.2, 0.25) is 0 Å². The maximum absolute atomic E-state index is 13.4. The number of anilines is 1. The van der Waals surface area contributed by atoms with Gasteiger partial charge in [-0.15, -0.1) is 4.48 Å². The Labute approximate surface area is 206 Å². The first-order chi connectivity index (χ1) is 16.6. The summed E-state index contributed by atoms with van der Waals surface area (Å²) in [6.45, 7) is 1.19. The Morgan fingerprint density at radius 1 is 1.19 bits per heavy atom. The van der Waals surface area contributed by atoms with Crippen molar-refractivity contribution in [3.8, 4) is 0 Å². The van der Waals surface area contributed by atoms with Gasteiger partial charge in [-0.25, -0.2) is 21.8 Å². The number of hydrogen-bond acceptors (Lipinski definition) is 7. The molecule has 1 N–H and O–H groups in total. The Morgan fingerprint density at radius 2 is 1.83 bits per heavy atom. The molecule has 1 fully saturated rings. The normalized spacial score (nSPS) is 17.1. The molecule has 0 saturated carbocycles. The molecule has 0 bridgehead atoms. The molecule has 36 heavy (non-hydrogen) atoms. The van der Waals surface area contributed by atoms with Crippen molar-refractivity contribution in [1.29, 1.82) is 0 Å². The van der Waals surface area contributed by atoms with E-state index >= 15 is 0 Å². The van der Waals surface area contributed by atoms with Crippen molar-refractivity contribution in [2.45, 2.75) is 30.5 Å². The quantitative estimate of drug-likeness (QED) is 0.414. The van der Waals surface area contributed by atoms with Gasteiger partial charge in [-0.1, -0.05) is 18.2 Å². The van der Waals surface area contributed by atoms with Gasteiger partial charge in [0.05, 0.1) is 22.3 Å². The van der Waals surface area contributed by atoms with Crippen LogP contribution in [0, 0.1) is 0 Å². The first kappa shape index (κ1) is 27.8. The second-order valence-corrected chi connectivity index (χ2v) is 12.5. The molecule has 2 aromatic rings. The van der Waals surface area contributed by atoms with Crippen LogP contribution in [0.1, 0.15) is 29.7 Å². The molecule has 198 valence electrons. The van der Waals surface area contributed by atoms with E-state index < -0.39 is 48.1 Å². The highest BCUT2D eigenvalue weighted by Gasteiger charge is 2.34. The van der Waals surface area contributed by atoms with Crippen molar-refractivity contribution in [3.63, 3.8) is 0 Å². The Balaban J connectivity index is 1.81. The van der Waals surface area contributed by atoms with Gasteiger partial charge >= 0.3 is 6.18 Å². The molecule has 0 radical (unpaired) electrons. The minimum Gasteiger partial charge on any atom is -0.354 e. The number of sulfonamides is 1. The summed E-state index contributed by atoms with van der Waals surface area (Å²) in [7, 11) is -6.94. The van der Waals surface area contributed by atoms with Crippen LogP contribution in [0.3, 0.4) is 0 Å². The lowest BCUT2D eigenvalue weighted by Gasteiger charge is -2.30. The smallest absolute Gasteiger partial charge is 0.354 e. The molecule has 0 aliphatic carbocycles. The number of sulfone groups is 1. The largest absolute Gasteiger partial charge is 0.433 e. The molecule has 1 saturated heterocycles. The van der Waals surface area contributed by atoms with E-state index in [0.717, 1.165) is 19.2 Å². The lowest BCUT2D eigenvalue weighted by Crippen LogP contribution is -2.41. The van der Waals surface area contributed by atoms with Crippen LogP contribution in [0.5, 0.6) is 0 Å². The summed E-state index contributed by atoms with van der Waals surface area (Å²) in [5.74, 6) is -1.99. The minimum absolute atomic E-state index is 0.0434. The summed E-state index contributed by atoms with van der Waals surface area (Å²) >= 11 is 0. The second kappa shape index (κ2) is 10.3. The standard InChI is InChI=1S/C21H24F4N4O5S2/c1-14(15-4-3-5-17(12-15)36(33,34)28(2)25)20(30)26-13-16-6-7-18(21(22,23)24)27-19(16)29-8-10-35(31,32)11-9-29/h3-7,12,14H,8-11,13H2,1-2H3,(H,26,30). The Morgan fingerprint density at radius 3 is 2.42 bits per heavy atom. The summed E-state index contributed by atoms with van der Waals surface area (Å²) in [5, 5.41) is 2.59.